The quantitative estimate of drug-likeness (QED) is 0.844. The smallest absolute Gasteiger partial charge is 0.227 e. The molecule has 1 aliphatic heterocycles. The van der Waals surface area contributed by atoms with Crippen LogP contribution in [-0.2, 0) is 11.2 Å². The summed E-state index contributed by atoms with van der Waals surface area (Å²) in [6.07, 6.45) is 8.38. The molecular formula is C18H25NO2. The fourth-order valence-corrected chi connectivity index (χ4v) is 3.76. The van der Waals surface area contributed by atoms with Gasteiger partial charge in [-0.1, -0.05) is 37.8 Å². The van der Waals surface area contributed by atoms with Gasteiger partial charge in [0.05, 0.1) is 6.10 Å². The van der Waals surface area contributed by atoms with E-state index >= 15 is 0 Å². The Morgan fingerprint density at radius 1 is 1.14 bits per heavy atom. The fraction of sp³-hybridized carbons (Fsp3) is 0.611. The first kappa shape index (κ1) is 14.6. The van der Waals surface area contributed by atoms with Crippen LogP contribution in [0.15, 0.2) is 18.2 Å². The average molecular weight is 287 g/mol. The lowest BCUT2D eigenvalue weighted by Crippen LogP contribution is -2.31. The van der Waals surface area contributed by atoms with Crippen LogP contribution in [0.3, 0.4) is 0 Å². The average Bonchev–Trinajstić information content (AvgIpc) is 2.79. The zero-order valence-electron chi connectivity index (χ0n) is 12.8. The van der Waals surface area contributed by atoms with Gasteiger partial charge in [-0.15, -0.1) is 0 Å². The second-order valence-corrected chi connectivity index (χ2v) is 6.54. The molecule has 1 N–H and O–H groups in total. The highest BCUT2D eigenvalue weighted by Crippen LogP contribution is 2.36. The van der Waals surface area contributed by atoms with E-state index in [2.05, 4.69) is 6.07 Å². The van der Waals surface area contributed by atoms with Gasteiger partial charge in [-0.2, -0.15) is 0 Å². The van der Waals surface area contributed by atoms with Crippen LogP contribution in [-0.4, -0.2) is 18.1 Å². The van der Waals surface area contributed by atoms with E-state index in [0.29, 0.717) is 12.3 Å². The molecule has 0 saturated heterocycles. The first-order chi connectivity index (χ1) is 10.2. The number of aliphatic hydroxyl groups excluding tert-OH is 1. The number of amides is 1. The van der Waals surface area contributed by atoms with Gasteiger partial charge in [-0.25, -0.2) is 0 Å². The molecule has 1 heterocycles. The molecule has 0 spiro atoms. The normalized spacial score (nSPS) is 21.8. The molecule has 1 fully saturated rings. The summed E-state index contributed by atoms with van der Waals surface area (Å²) < 4.78 is 0. The monoisotopic (exact) mass is 287 g/mol. The van der Waals surface area contributed by atoms with Crippen molar-refractivity contribution in [1.82, 2.24) is 0 Å². The minimum absolute atomic E-state index is 0.180. The third-order valence-corrected chi connectivity index (χ3v) is 5.14. The third-order valence-electron chi connectivity index (χ3n) is 5.14. The van der Waals surface area contributed by atoms with Crippen LogP contribution in [0.5, 0.6) is 0 Å². The van der Waals surface area contributed by atoms with Gasteiger partial charge in [-0.3, -0.25) is 4.79 Å². The Morgan fingerprint density at radius 3 is 2.57 bits per heavy atom. The van der Waals surface area contributed by atoms with Gasteiger partial charge in [-0.05, 0) is 42.4 Å². The van der Waals surface area contributed by atoms with Crippen LogP contribution in [0, 0.1) is 5.92 Å². The van der Waals surface area contributed by atoms with Gasteiger partial charge in [0.15, 0.2) is 0 Å². The van der Waals surface area contributed by atoms with Crippen molar-refractivity contribution >= 4 is 11.6 Å². The molecule has 1 aromatic rings. The lowest BCUT2D eigenvalue weighted by atomic mass is 9.87. The molecule has 3 heteroatoms. The highest BCUT2D eigenvalue weighted by atomic mass is 16.3. The van der Waals surface area contributed by atoms with Crippen molar-refractivity contribution in [3.8, 4) is 0 Å². The first-order valence-corrected chi connectivity index (χ1v) is 8.24. The van der Waals surface area contributed by atoms with Crippen LogP contribution in [0.4, 0.5) is 5.69 Å². The highest BCUT2D eigenvalue weighted by Gasteiger charge is 2.25. The SMILES string of the molecule is CN1C(=O)CCc2cc(C(O)C3CCCCCC3)ccc21. The summed E-state index contributed by atoms with van der Waals surface area (Å²) >= 11 is 0. The van der Waals surface area contributed by atoms with Crippen molar-refractivity contribution in [2.24, 2.45) is 5.92 Å². The standard InChI is InChI=1S/C18H25NO2/c1-19-16-10-8-15(12-14(16)9-11-17(19)20)18(21)13-6-4-2-3-5-7-13/h8,10,12-13,18,21H,2-7,9,11H2,1H3. The van der Waals surface area contributed by atoms with Crippen molar-refractivity contribution in [3.63, 3.8) is 0 Å². The van der Waals surface area contributed by atoms with Gasteiger partial charge >= 0.3 is 0 Å². The summed E-state index contributed by atoms with van der Waals surface area (Å²) in [4.78, 5) is 13.5. The van der Waals surface area contributed by atoms with Gasteiger partial charge in [0.25, 0.3) is 0 Å². The number of aliphatic hydroxyl groups is 1. The van der Waals surface area contributed by atoms with Crippen molar-refractivity contribution in [1.29, 1.82) is 0 Å². The maximum atomic E-state index is 11.7. The van der Waals surface area contributed by atoms with Crippen LogP contribution < -0.4 is 4.90 Å². The number of carbonyl (C=O) groups excluding carboxylic acids is 1. The number of nitrogens with zero attached hydrogens (tertiary/aromatic N) is 1. The number of hydrogen-bond acceptors (Lipinski definition) is 2. The number of hydrogen-bond donors (Lipinski definition) is 1. The molecule has 1 aromatic carbocycles. The Bertz CT molecular complexity index is 518. The molecule has 114 valence electrons. The summed E-state index contributed by atoms with van der Waals surface area (Å²) in [6, 6.07) is 6.12. The van der Waals surface area contributed by atoms with Crippen molar-refractivity contribution in [3.05, 3.63) is 29.3 Å². The minimum atomic E-state index is -0.351. The fourth-order valence-electron chi connectivity index (χ4n) is 3.76. The molecule has 21 heavy (non-hydrogen) atoms. The summed E-state index contributed by atoms with van der Waals surface area (Å²) in [5.41, 5.74) is 3.23. The van der Waals surface area contributed by atoms with E-state index in [0.717, 1.165) is 30.5 Å². The zero-order chi connectivity index (χ0) is 14.8. The van der Waals surface area contributed by atoms with Crippen LogP contribution in [0.25, 0.3) is 0 Å². The Kier molecular flexibility index (Phi) is 4.29. The van der Waals surface area contributed by atoms with Crippen LogP contribution >= 0.6 is 0 Å². The van der Waals surface area contributed by atoms with Crippen molar-refractivity contribution in [2.45, 2.75) is 57.5 Å². The van der Waals surface area contributed by atoms with Crippen molar-refractivity contribution < 1.29 is 9.90 Å². The summed E-state index contributed by atoms with van der Waals surface area (Å²) in [7, 11) is 1.84. The second kappa shape index (κ2) is 6.18. The van der Waals surface area contributed by atoms with E-state index in [-0.39, 0.29) is 12.0 Å². The zero-order valence-corrected chi connectivity index (χ0v) is 12.8. The molecule has 3 nitrogen and oxygen atoms in total. The van der Waals surface area contributed by atoms with Crippen LogP contribution in [0.2, 0.25) is 0 Å². The number of aryl methyl sites for hydroxylation is 1. The maximum absolute atomic E-state index is 11.7. The van der Waals surface area contributed by atoms with Gasteiger partial charge in [0.1, 0.15) is 0 Å². The number of rotatable bonds is 2. The number of benzene rings is 1. The summed E-state index contributed by atoms with van der Waals surface area (Å²) in [5.74, 6) is 0.577. The Hall–Kier alpha value is -1.35. The largest absolute Gasteiger partial charge is 0.388 e. The molecular weight excluding hydrogens is 262 g/mol. The maximum Gasteiger partial charge on any atom is 0.227 e. The van der Waals surface area contributed by atoms with E-state index in [1.165, 1.54) is 31.2 Å². The van der Waals surface area contributed by atoms with E-state index in [4.69, 9.17) is 0 Å². The van der Waals surface area contributed by atoms with Gasteiger partial charge in [0.2, 0.25) is 5.91 Å². The van der Waals surface area contributed by atoms with E-state index < -0.39 is 0 Å². The molecule has 2 aliphatic rings. The van der Waals surface area contributed by atoms with Crippen molar-refractivity contribution in [2.75, 3.05) is 11.9 Å². The minimum Gasteiger partial charge on any atom is -0.388 e. The predicted octanol–water partition coefficient (Wildman–Crippen LogP) is 3.60. The van der Waals surface area contributed by atoms with Crippen LogP contribution in [0.1, 0.15) is 62.2 Å². The Morgan fingerprint density at radius 2 is 1.86 bits per heavy atom. The molecule has 1 atom stereocenters. The molecule has 0 radical (unpaired) electrons. The van der Waals surface area contributed by atoms with E-state index in [1.807, 2.05) is 19.2 Å². The summed E-state index contributed by atoms with van der Waals surface area (Å²) in [5, 5.41) is 10.7. The Balaban J connectivity index is 1.81. The highest BCUT2D eigenvalue weighted by molar-refractivity contribution is 5.95. The van der Waals surface area contributed by atoms with Gasteiger partial charge in [0, 0.05) is 19.2 Å². The second-order valence-electron chi connectivity index (χ2n) is 6.54. The molecule has 1 unspecified atom stereocenters. The van der Waals surface area contributed by atoms with Gasteiger partial charge < -0.3 is 10.0 Å². The Labute approximate surface area is 127 Å². The topological polar surface area (TPSA) is 40.5 Å². The molecule has 3 rings (SSSR count). The lowest BCUT2D eigenvalue weighted by Gasteiger charge is -2.28. The number of fused-ring (bicyclic) bond motifs is 1. The molecule has 1 amide bonds. The number of carbonyl (C=O) groups is 1. The first-order valence-electron chi connectivity index (χ1n) is 8.24. The van der Waals surface area contributed by atoms with E-state index in [1.54, 1.807) is 4.90 Å². The third kappa shape index (κ3) is 2.98. The number of anilines is 1. The molecule has 0 aromatic heterocycles. The summed E-state index contributed by atoms with van der Waals surface area (Å²) in [6.45, 7) is 0. The van der Waals surface area contributed by atoms with E-state index in [9.17, 15) is 9.90 Å². The molecule has 1 saturated carbocycles. The lowest BCUT2D eigenvalue weighted by molar-refractivity contribution is -0.118. The predicted molar refractivity (Wildman–Crippen MR) is 84.3 cm³/mol. The molecule has 0 bridgehead atoms. The molecule has 1 aliphatic carbocycles.